The summed E-state index contributed by atoms with van der Waals surface area (Å²) in [7, 11) is 1.68. The van der Waals surface area contributed by atoms with Gasteiger partial charge in [0.1, 0.15) is 12.4 Å². The number of ether oxygens (including phenoxy) is 1. The number of aryl methyl sites for hydroxylation is 2. The maximum atomic E-state index is 13.2. The number of carbonyl (C=O) groups is 3. The maximum absolute atomic E-state index is 13.2. The number of nitrogens with zero attached hydrogens (tertiary/aromatic N) is 3. The van der Waals surface area contributed by atoms with Crippen LogP contribution >= 0.6 is 0 Å². The summed E-state index contributed by atoms with van der Waals surface area (Å²) in [5.41, 5.74) is -0.422. The number of halogens is 3. The molecule has 0 bridgehead atoms. The van der Waals surface area contributed by atoms with Crippen molar-refractivity contribution in [1.82, 2.24) is 20.1 Å². The minimum Gasteiger partial charge on any atom is -0.546 e. The average molecular weight is 473 g/mol. The number of aliphatic carboxylic acids is 1. The van der Waals surface area contributed by atoms with Gasteiger partial charge in [-0.15, -0.1) is 0 Å². The molecule has 0 saturated heterocycles. The zero-order valence-electron chi connectivity index (χ0n) is 17.6. The van der Waals surface area contributed by atoms with Crippen LogP contribution in [0.2, 0.25) is 0 Å². The Hall–Kier alpha value is -3.16. The number of hydrogen-bond acceptors (Lipinski definition) is 7. The molecule has 14 heteroatoms. The molecule has 2 heterocycles. The topological polar surface area (TPSA) is 138 Å². The van der Waals surface area contributed by atoms with Crippen LogP contribution in [0.5, 0.6) is 5.75 Å². The van der Waals surface area contributed by atoms with Gasteiger partial charge in [0.15, 0.2) is 5.65 Å². The first kappa shape index (κ1) is 26.1. The number of anilines is 1. The van der Waals surface area contributed by atoms with E-state index in [2.05, 4.69) is 20.1 Å². The normalized spacial score (nSPS) is 10.9. The number of aromatic nitrogens is 3. The van der Waals surface area contributed by atoms with Crippen LogP contribution in [0.3, 0.4) is 0 Å². The maximum Gasteiger partial charge on any atom is 1.00 e. The van der Waals surface area contributed by atoms with Crippen molar-refractivity contribution in [3.8, 4) is 5.75 Å². The quantitative estimate of drug-likeness (QED) is 0.425. The molecular weight excluding hydrogens is 458 g/mol. The Balaban J connectivity index is 0.00000385. The van der Waals surface area contributed by atoms with Crippen molar-refractivity contribution in [3.05, 3.63) is 47.3 Å². The van der Waals surface area contributed by atoms with Gasteiger partial charge in [0.05, 0.1) is 22.8 Å². The Kier molecular flexibility index (Phi) is 8.06. The van der Waals surface area contributed by atoms with Gasteiger partial charge in [-0.25, -0.2) is 9.78 Å². The van der Waals surface area contributed by atoms with E-state index in [0.717, 1.165) is 12.1 Å². The van der Waals surface area contributed by atoms with E-state index in [-0.39, 0.29) is 40.8 Å². The van der Waals surface area contributed by atoms with Crippen LogP contribution in [0.15, 0.2) is 30.5 Å². The molecule has 0 aliphatic heterocycles. The Labute approximate surface area is 206 Å². The summed E-state index contributed by atoms with van der Waals surface area (Å²) >= 11 is 0. The molecule has 2 N–H and O–H groups in total. The van der Waals surface area contributed by atoms with E-state index >= 15 is 0 Å². The van der Waals surface area contributed by atoms with Gasteiger partial charge in [-0.05, 0) is 31.2 Å². The van der Waals surface area contributed by atoms with Gasteiger partial charge < -0.3 is 20.0 Å². The van der Waals surface area contributed by atoms with Crippen molar-refractivity contribution >= 4 is 34.6 Å². The monoisotopic (exact) mass is 473 g/mol. The number of carbonyl (C=O) groups excluding carboxylic acids is 3. The minimum atomic E-state index is -4.89. The van der Waals surface area contributed by atoms with Gasteiger partial charge in [-0.2, -0.15) is 18.3 Å². The molecule has 3 amide bonds. The summed E-state index contributed by atoms with van der Waals surface area (Å²) in [6.07, 6.45) is -3.66. The standard InChI is InChI=1S/C19H16F3N5O5.Na/c1-9-12-5-10(7-23-16(12)27(2)26-9)17(30)25-18(31)24-11-3-4-14(32-8-15(28)29)13(6-11)19(20,21)22;/h3-7H,8H2,1-2H3,(H,28,29)(H2,24,25,30,31);/q;+1/p-1. The van der Waals surface area contributed by atoms with Crippen LogP contribution in [-0.2, 0) is 18.0 Å². The molecule has 3 rings (SSSR count). The molecule has 10 nitrogen and oxygen atoms in total. The van der Waals surface area contributed by atoms with E-state index in [4.69, 9.17) is 0 Å². The van der Waals surface area contributed by atoms with E-state index in [1.54, 1.807) is 14.0 Å². The summed E-state index contributed by atoms with van der Waals surface area (Å²) in [6, 6.07) is 2.83. The fraction of sp³-hybridized carbons (Fsp3) is 0.211. The van der Waals surface area contributed by atoms with Gasteiger partial charge in [0.25, 0.3) is 5.91 Å². The molecule has 0 atom stereocenters. The first-order valence-corrected chi connectivity index (χ1v) is 8.91. The molecular formula is C19H15F3N5NaO5. The fourth-order valence-electron chi connectivity index (χ4n) is 2.86. The Morgan fingerprint density at radius 1 is 1.21 bits per heavy atom. The van der Waals surface area contributed by atoms with Crippen molar-refractivity contribution in [2.45, 2.75) is 13.1 Å². The number of carboxylic acids is 1. The summed E-state index contributed by atoms with van der Waals surface area (Å²) in [5, 5.41) is 19.3. The van der Waals surface area contributed by atoms with E-state index < -0.39 is 42.0 Å². The van der Waals surface area contributed by atoms with Crippen LogP contribution in [0.25, 0.3) is 11.0 Å². The molecule has 168 valence electrons. The van der Waals surface area contributed by atoms with Crippen LogP contribution in [0.1, 0.15) is 21.6 Å². The van der Waals surface area contributed by atoms with Crippen LogP contribution in [-0.4, -0.2) is 39.3 Å². The van der Waals surface area contributed by atoms with E-state index in [1.807, 2.05) is 5.32 Å². The van der Waals surface area contributed by atoms with E-state index in [1.165, 1.54) is 16.9 Å². The number of rotatable bonds is 5. The number of pyridine rings is 1. The predicted molar refractivity (Wildman–Crippen MR) is 102 cm³/mol. The Morgan fingerprint density at radius 3 is 2.55 bits per heavy atom. The number of carboxylic acid groups (broad SMARTS) is 1. The number of urea groups is 1. The second-order valence-corrected chi connectivity index (χ2v) is 6.58. The second-order valence-electron chi connectivity index (χ2n) is 6.58. The Bertz CT molecular complexity index is 1230. The molecule has 0 aliphatic carbocycles. The van der Waals surface area contributed by atoms with Crippen LogP contribution < -0.4 is 50.0 Å². The number of amides is 3. The van der Waals surface area contributed by atoms with E-state index in [0.29, 0.717) is 22.8 Å². The zero-order valence-corrected chi connectivity index (χ0v) is 19.6. The summed E-state index contributed by atoms with van der Waals surface area (Å²) in [6.45, 7) is 0.636. The number of hydrogen-bond donors (Lipinski definition) is 2. The number of benzene rings is 1. The third-order valence-corrected chi connectivity index (χ3v) is 4.24. The SMILES string of the molecule is Cc1nn(C)c2ncc(C(=O)NC(=O)Nc3ccc(OCC(=O)[O-])c(C(F)(F)F)c3)cc12.[Na+]. The first-order valence-electron chi connectivity index (χ1n) is 8.91. The van der Waals surface area contributed by atoms with Crippen molar-refractivity contribution in [1.29, 1.82) is 0 Å². The van der Waals surface area contributed by atoms with Gasteiger partial charge in [-0.1, -0.05) is 0 Å². The predicted octanol–water partition coefficient (Wildman–Crippen LogP) is -1.61. The number of fused-ring (bicyclic) bond motifs is 1. The molecule has 0 fully saturated rings. The fourth-order valence-corrected chi connectivity index (χ4v) is 2.86. The van der Waals surface area contributed by atoms with E-state index in [9.17, 15) is 32.7 Å². The number of nitrogens with one attached hydrogen (secondary N) is 2. The van der Waals surface area contributed by atoms with Crippen molar-refractivity contribution in [3.63, 3.8) is 0 Å². The minimum absolute atomic E-state index is 0. The molecule has 0 spiro atoms. The summed E-state index contributed by atoms with van der Waals surface area (Å²) in [4.78, 5) is 39.0. The molecule has 3 aromatic rings. The van der Waals surface area contributed by atoms with Crippen molar-refractivity contribution < 1.29 is 67.0 Å². The molecule has 0 saturated carbocycles. The largest absolute Gasteiger partial charge is 1.00 e. The van der Waals surface area contributed by atoms with Crippen LogP contribution in [0, 0.1) is 6.92 Å². The number of alkyl halides is 3. The van der Waals surface area contributed by atoms with Gasteiger partial charge in [0.2, 0.25) is 0 Å². The number of imide groups is 1. The Morgan fingerprint density at radius 2 is 1.91 bits per heavy atom. The van der Waals surface area contributed by atoms with Gasteiger partial charge >= 0.3 is 41.8 Å². The van der Waals surface area contributed by atoms with Crippen molar-refractivity contribution in [2.75, 3.05) is 11.9 Å². The van der Waals surface area contributed by atoms with Gasteiger partial charge in [0, 0.05) is 24.3 Å². The molecule has 2 aromatic heterocycles. The first-order chi connectivity index (χ1) is 15.0. The molecule has 0 unspecified atom stereocenters. The summed E-state index contributed by atoms with van der Waals surface area (Å²) < 4.78 is 45.8. The van der Waals surface area contributed by atoms with Crippen molar-refractivity contribution in [2.24, 2.45) is 7.05 Å². The molecule has 1 aromatic carbocycles. The third kappa shape index (κ3) is 6.21. The second kappa shape index (κ2) is 10.2. The third-order valence-electron chi connectivity index (χ3n) is 4.24. The van der Waals surface area contributed by atoms with Crippen LogP contribution in [0.4, 0.5) is 23.7 Å². The molecule has 0 radical (unpaired) electrons. The zero-order chi connectivity index (χ0) is 23.6. The smallest absolute Gasteiger partial charge is 0.546 e. The molecule has 33 heavy (non-hydrogen) atoms. The average Bonchev–Trinajstić information content (AvgIpc) is 2.99. The summed E-state index contributed by atoms with van der Waals surface area (Å²) in [5.74, 6) is -3.28. The molecule has 0 aliphatic rings. The van der Waals surface area contributed by atoms with Gasteiger partial charge in [-0.3, -0.25) is 14.8 Å².